The van der Waals surface area contributed by atoms with Gasteiger partial charge in [-0.25, -0.2) is 0 Å². The lowest BCUT2D eigenvalue weighted by atomic mass is 10.2. The topological polar surface area (TPSA) is 88.1 Å². The first-order valence-corrected chi connectivity index (χ1v) is 12.2. The van der Waals surface area contributed by atoms with Gasteiger partial charge in [0.1, 0.15) is 10.6 Å². The van der Waals surface area contributed by atoms with Crippen molar-refractivity contribution in [2.24, 2.45) is 4.40 Å². The van der Waals surface area contributed by atoms with Gasteiger partial charge in [-0.2, -0.15) is 8.42 Å². The summed E-state index contributed by atoms with van der Waals surface area (Å²) >= 11 is 1.12. The molecule has 160 valence electrons. The first-order valence-electron chi connectivity index (χ1n) is 9.81. The molecule has 9 heteroatoms. The van der Waals surface area contributed by atoms with Gasteiger partial charge >= 0.3 is 0 Å². The molecule has 2 aromatic carbocycles. The summed E-state index contributed by atoms with van der Waals surface area (Å²) in [5.41, 5.74) is 1.26. The molecule has 0 fully saturated rings. The maximum absolute atomic E-state index is 12.6. The van der Waals surface area contributed by atoms with Crippen molar-refractivity contribution in [3.63, 3.8) is 0 Å². The molecule has 0 saturated carbocycles. The van der Waals surface area contributed by atoms with Crippen LogP contribution in [0.3, 0.4) is 0 Å². The standard InChI is InChI=1S/C21H25N3O4S2/c1-3-5-14-24-18-8-6-7-9-19(18)30(26,27)23-21(24)29-15-20(25)22-16-10-12-17(13-11-16)28-4-2/h6-13H,3-5,14-15H2,1-2H3,(H,22,25). The highest BCUT2D eigenvalue weighted by Gasteiger charge is 2.30. The number of hydrogen-bond donors (Lipinski definition) is 1. The third kappa shape index (κ3) is 5.34. The average molecular weight is 448 g/mol. The number of hydrogen-bond acceptors (Lipinski definition) is 6. The molecular weight excluding hydrogens is 422 g/mol. The Kier molecular flexibility index (Phi) is 7.38. The number of rotatable bonds is 8. The minimum absolute atomic E-state index is 0.0480. The lowest BCUT2D eigenvalue weighted by molar-refractivity contribution is -0.113. The Balaban J connectivity index is 1.70. The van der Waals surface area contributed by atoms with Crippen LogP contribution in [0.2, 0.25) is 0 Å². The largest absolute Gasteiger partial charge is 0.494 e. The van der Waals surface area contributed by atoms with E-state index in [-0.39, 0.29) is 16.6 Å². The van der Waals surface area contributed by atoms with Crippen molar-refractivity contribution in [2.75, 3.05) is 29.1 Å². The molecule has 1 amide bonds. The predicted octanol–water partition coefficient (Wildman–Crippen LogP) is 4.12. The van der Waals surface area contributed by atoms with Gasteiger partial charge in [0.15, 0.2) is 5.17 Å². The van der Waals surface area contributed by atoms with Crippen molar-refractivity contribution in [3.05, 3.63) is 48.5 Å². The van der Waals surface area contributed by atoms with Gasteiger partial charge in [0.25, 0.3) is 10.0 Å². The molecule has 1 N–H and O–H groups in total. The van der Waals surface area contributed by atoms with Crippen LogP contribution in [0.15, 0.2) is 57.8 Å². The number of anilines is 2. The molecule has 30 heavy (non-hydrogen) atoms. The van der Waals surface area contributed by atoms with E-state index in [1.807, 2.05) is 11.8 Å². The molecule has 0 aromatic heterocycles. The summed E-state index contributed by atoms with van der Waals surface area (Å²) in [7, 11) is -3.79. The Morgan fingerprint density at radius 3 is 2.57 bits per heavy atom. The zero-order valence-corrected chi connectivity index (χ0v) is 18.6. The number of amides is 1. The van der Waals surface area contributed by atoms with Crippen LogP contribution in [0, 0.1) is 0 Å². The van der Waals surface area contributed by atoms with Crippen molar-refractivity contribution in [3.8, 4) is 5.75 Å². The van der Waals surface area contributed by atoms with E-state index in [0.717, 1.165) is 30.4 Å². The number of carbonyl (C=O) groups is 1. The molecule has 2 aromatic rings. The summed E-state index contributed by atoms with van der Waals surface area (Å²) in [5, 5.41) is 3.13. The molecule has 1 aliphatic rings. The molecule has 0 aliphatic carbocycles. The number of nitrogens with zero attached hydrogens (tertiary/aromatic N) is 2. The third-order valence-corrected chi connectivity index (χ3v) is 6.79. The van der Waals surface area contributed by atoms with Gasteiger partial charge in [0, 0.05) is 12.2 Å². The molecule has 3 rings (SSSR count). The molecule has 0 atom stereocenters. The number of thioether (sulfide) groups is 1. The Hall–Kier alpha value is -2.52. The molecule has 7 nitrogen and oxygen atoms in total. The quantitative estimate of drug-likeness (QED) is 0.655. The number of para-hydroxylation sites is 1. The minimum atomic E-state index is -3.79. The minimum Gasteiger partial charge on any atom is -0.494 e. The highest BCUT2D eigenvalue weighted by Crippen LogP contribution is 2.34. The maximum Gasteiger partial charge on any atom is 0.286 e. The summed E-state index contributed by atoms with van der Waals surface area (Å²) in [6, 6.07) is 13.9. The second kappa shape index (κ2) is 9.99. The second-order valence-electron chi connectivity index (χ2n) is 6.62. The summed E-state index contributed by atoms with van der Waals surface area (Å²) in [6.45, 7) is 5.19. The van der Waals surface area contributed by atoms with Crippen LogP contribution in [0.5, 0.6) is 5.75 Å². The van der Waals surface area contributed by atoms with Gasteiger partial charge in [0.2, 0.25) is 5.91 Å². The van der Waals surface area contributed by atoms with E-state index in [0.29, 0.717) is 29.7 Å². The first-order chi connectivity index (χ1) is 14.4. The third-order valence-electron chi connectivity index (χ3n) is 4.38. The summed E-state index contributed by atoms with van der Waals surface area (Å²) in [4.78, 5) is 14.5. The molecule has 1 aliphatic heterocycles. The monoisotopic (exact) mass is 447 g/mol. The number of unbranched alkanes of at least 4 members (excludes halogenated alkanes) is 1. The molecule has 1 heterocycles. The van der Waals surface area contributed by atoms with Crippen LogP contribution < -0.4 is 15.0 Å². The van der Waals surface area contributed by atoms with E-state index in [1.165, 1.54) is 0 Å². The van der Waals surface area contributed by atoms with Gasteiger partial charge in [0.05, 0.1) is 18.0 Å². The van der Waals surface area contributed by atoms with E-state index in [4.69, 9.17) is 4.74 Å². The van der Waals surface area contributed by atoms with Gasteiger partial charge in [-0.05, 0) is 49.7 Å². The van der Waals surface area contributed by atoms with Crippen LogP contribution in [-0.2, 0) is 14.8 Å². The zero-order chi connectivity index (χ0) is 21.6. The number of amidine groups is 1. The number of sulfonamides is 1. The molecule has 0 spiro atoms. The van der Waals surface area contributed by atoms with E-state index < -0.39 is 10.0 Å². The van der Waals surface area contributed by atoms with Gasteiger partial charge < -0.3 is 15.0 Å². The number of ether oxygens (including phenoxy) is 1. The summed E-state index contributed by atoms with van der Waals surface area (Å²) < 4.78 is 34.5. The van der Waals surface area contributed by atoms with Crippen LogP contribution in [0.4, 0.5) is 11.4 Å². The lowest BCUT2D eigenvalue weighted by Gasteiger charge is -2.30. The molecule has 0 radical (unpaired) electrons. The van der Waals surface area contributed by atoms with Crippen molar-refractivity contribution < 1.29 is 17.9 Å². The van der Waals surface area contributed by atoms with Crippen LogP contribution in [0.1, 0.15) is 26.7 Å². The number of benzene rings is 2. The number of fused-ring (bicyclic) bond motifs is 1. The molecule has 0 bridgehead atoms. The van der Waals surface area contributed by atoms with Crippen molar-refractivity contribution in [1.29, 1.82) is 0 Å². The van der Waals surface area contributed by atoms with Crippen molar-refractivity contribution >= 4 is 44.2 Å². The fourth-order valence-electron chi connectivity index (χ4n) is 2.97. The lowest BCUT2D eigenvalue weighted by Crippen LogP contribution is -2.35. The van der Waals surface area contributed by atoms with Gasteiger partial charge in [-0.15, -0.1) is 4.40 Å². The van der Waals surface area contributed by atoms with Crippen LogP contribution in [-0.4, -0.2) is 38.4 Å². The van der Waals surface area contributed by atoms with E-state index in [2.05, 4.69) is 16.6 Å². The molecular formula is C21H25N3O4S2. The average Bonchev–Trinajstić information content (AvgIpc) is 2.73. The normalized spacial score (nSPS) is 14.6. The van der Waals surface area contributed by atoms with E-state index >= 15 is 0 Å². The number of nitrogens with one attached hydrogen (secondary N) is 1. The summed E-state index contributed by atoms with van der Waals surface area (Å²) in [6.07, 6.45) is 1.84. The molecule has 0 saturated heterocycles. The van der Waals surface area contributed by atoms with E-state index in [1.54, 1.807) is 48.5 Å². The fourth-order valence-corrected chi connectivity index (χ4v) is 5.25. The maximum atomic E-state index is 12.6. The van der Waals surface area contributed by atoms with Crippen molar-refractivity contribution in [1.82, 2.24) is 0 Å². The molecule has 0 unspecified atom stereocenters. The summed E-state index contributed by atoms with van der Waals surface area (Å²) in [5.74, 6) is 0.544. The number of carbonyl (C=O) groups excluding carboxylic acids is 1. The highest BCUT2D eigenvalue weighted by molar-refractivity contribution is 8.15. The van der Waals surface area contributed by atoms with Crippen molar-refractivity contribution in [2.45, 2.75) is 31.6 Å². The smallest absolute Gasteiger partial charge is 0.286 e. The Morgan fingerprint density at radius 1 is 1.13 bits per heavy atom. The Labute approximate surface area is 181 Å². The van der Waals surface area contributed by atoms with Crippen LogP contribution in [0.25, 0.3) is 0 Å². The second-order valence-corrected chi connectivity index (χ2v) is 9.13. The van der Waals surface area contributed by atoms with Gasteiger partial charge in [-0.1, -0.05) is 37.2 Å². The first kappa shape index (κ1) is 22.2. The highest BCUT2D eigenvalue weighted by atomic mass is 32.2. The predicted molar refractivity (Wildman–Crippen MR) is 122 cm³/mol. The SMILES string of the molecule is CCCCN1C(SCC(=O)Nc2ccc(OCC)cc2)=NS(=O)(=O)c2ccccc21. The van der Waals surface area contributed by atoms with Gasteiger partial charge in [-0.3, -0.25) is 4.79 Å². The van der Waals surface area contributed by atoms with E-state index in [9.17, 15) is 13.2 Å². The Bertz CT molecular complexity index is 1020. The fraction of sp³-hybridized carbons (Fsp3) is 0.333. The zero-order valence-electron chi connectivity index (χ0n) is 17.0. The van der Waals surface area contributed by atoms with Crippen LogP contribution >= 0.6 is 11.8 Å². The Morgan fingerprint density at radius 2 is 1.87 bits per heavy atom.